The van der Waals surface area contributed by atoms with E-state index in [1.165, 1.54) is 51.4 Å². The van der Waals surface area contributed by atoms with E-state index in [1.54, 1.807) is 0 Å². The minimum absolute atomic E-state index is 0. The summed E-state index contributed by atoms with van der Waals surface area (Å²) in [6.45, 7) is 1.46. The van der Waals surface area contributed by atoms with Gasteiger partial charge in [0.1, 0.15) is 13.2 Å². The molecule has 4 heteroatoms. The van der Waals surface area contributed by atoms with E-state index < -0.39 is 0 Å². The average molecular weight is 423 g/mol. The summed E-state index contributed by atoms with van der Waals surface area (Å²) in [5, 5.41) is 0. The standard InChI is InChI=1S/C18H34NO2.HI/c1-19(2,3)14-15-21-17(20)18(12-8-5-9-13-18)16-10-6-4-7-11-16;/h16H,4-15H2,1-3H3;1H/q+1;/p-1. The number of nitrogens with zero attached hydrogens (tertiary/aromatic N) is 1. The maximum atomic E-state index is 12.9. The first-order valence-corrected chi connectivity index (χ1v) is 8.92. The molecular weight excluding hydrogens is 389 g/mol. The first-order valence-electron chi connectivity index (χ1n) is 8.92. The van der Waals surface area contributed by atoms with Gasteiger partial charge in [-0.2, -0.15) is 0 Å². The molecule has 0 unspecified atom stereocenters. The van der Waals surface area contributed by atoms with Crippen molar-refractivity contribution in [3.05, 3.63) is 0 Å². The number of hydrogen-bond acceptors (Lipinski definition) is 2. The van der Waals surface area contributed by atoms with Gasteiger partial charge in [0, 0.05) is 0 Å². The fraction of sp³-hybridized carbons (Fsp3) is 0.944. The number of rotatable bonds is 5. The third-order valence-electron chi connectivity index (χ3n) is 5.53. The van der Waals surface area contributed by atoms with Crippen LogP contribution in [0.1, 0.15) is 64.2 Å². The van der Waals surface area contributed by atoms with Gasteiger partial charge in [-0.25, -0.2) is 0 Å². The van der Waals surface area contributed by atoms with Crippen LogP contribution in [-0.4, -0.2) is 44.7 Å². The summed E-state index contributed by atoms with van der Waals surface area (Å²) in [6, 6.07) is 0. The van der Waals surface area contributed by atoms with Crippen molar-refractivity contribution in [2.45, 2.75) is 64.2 Å². The van der Waals surface area contributed by atoms with Crippen LogP contribution in [0.15, 0.2) is 0 Å². The molecule has 0 N–H and O–H groups in total. The van der Waals surface area contributed by atoms with Gasteiger partial charge in [0.05, 0.1) is 26.6 Å². The zero-order chi connectivity index (χ0) is 15.3. The monoisotopic (exact) mass is 423 g/mol. The van der Waals surface area contributed by atoms with E-state index in [0.29, 0.717) is 12.5 Å². The predicted octanol–water partition coefficient (Wildman–Crippen LogP) is 0.771. The largest absolute Gasteiger partial charge is 1.00 e. The fourth-order valence-corrected chi connectivity index (χ4v) is 4.17. The number of hydrogen-bond donors (Lipinski definition) is 0. The number of halogens is 1. The smallest absolute Gasteiger partial charge is 0.312 e. The molecule has 0 aromatic carbocycles. The van der Waals surface area contributed by atoms with Gasteiger partial charge in [-0.15, -0.1) is 0 Å². The summed E-state index contributed by atoms with van der Waals surface area (Å²) in [7, 11) is 6.43. The lowest BCUT2D eigenvalue weighted by molar-refractivity contribution is -0.870. The second kappa shape index (κ2) is 8.86. The minimum atomic E-state index is -0.135. The Morgan fingerprint density at radius 2 is 1.55 bits per heavy atom. The summed E-state index contributed by atoms with van der Waals surface area (Å²) >= 11 is 0. The van der Waals surface area contributed by atoms with Gasteiger partial charge in [0.15, 0.2) is 0 Å². The van der Waals surface area contributed by atoms with Gasteiger partial charge in [-0.3, -0.25) is 4.79 Å². The number of carbonyl (C=O) groups is 1. The molecule has 3 nitrogen and oxygen atoms in total. The quantitative estimate of drug-likeness (QED) is 0.371. The highest BCUT2D eigenvalue weighted by Gasteiger charge is 2.47. The maximum Gasteiger partial charge on any atom is 0.312 e. The van der Waals surface area contributed by atoms with E-state index in [4.69, 9.17) is 4.74 Å². The van der Waals surface area contributed by atoms with Crippen molar-refractivity contribution in [1.82, 2.24) is 0 Å². The van der Waals surface area contributed by atoms with Crippen molar-refractivity contribution in [2.24, 2.45) is 11.3 Å². The van der Waals surface area contributed by atoms with E-state index in [2.05, 4.69) is 21.1 Å². The fourth-order valence-electron chi connectivity index (χ4n) is 4.17. The summed E-state index contributed by atoms with van der Waals surface area (Å²) in [5.74, 6) is 0.714. The number of ether oxygens (including phenoxy) is 1. The molecule has 22 heavy (non-hydrogen) atoms. The number of esters is 1. The van der Waals surface area contributed by atoms with Gasteiger partial charge < -0.3 is 33.2 Å². The zero-order valence-corrected chi connectivity index (χ0v) is 16.9. The summed E-state index contributed by atoms with van der Waals surface area (Å²) in [5.41, 5.74) is -0.135. The Kier molecular flexibility index (Phi) is 8.13. The topological polar surface area (TPSA) is 26.3 Å². The molecule has 2 rings (SSSR count). The van der Waals surface area contributed by atoms with Crippen LogP contribution in [-0.2, 0) is 9.53 Å². The van der Waals surface area contributed by atoms with Crippen molar-refractivity contribution in [3.63, 3.8) is 0 Å². The summed E-state index contributed by atoms with van der Waals surface area (Å²) < 4.78 is 6.61. The molecule has 2 fully saturated rings. The van der Waals surface area contributed by atoms with Gasteiger partial charge in [0.25, 0.3) is 0 Å². The van der Waals surface area contributed by atoms with Crippen LogP contribution in [0.25, 0.3) is 0 Å². The van der Waals surface area contributed by atoms with Crippen molar-refractivity contribution in [3.8, 4) is 0 Å². The Labute approximate surface area is 153 Å². The molecule has 2 saturated carbocycles. The zero-order valence-electron chi connectivity index (χ0n) is 14.7. The van der Waals surface area contributed by atoms with Crippen molar-refractivity contribution >= 4 is 5.97 Å². The molecule has 0 bridgehead atoms. The summed E-state index contributed by atoms with van der Waals surface area (Å²) in [4.78, 5) is 12.9. The molecule has 0 aromatic rings. The van der Waals surface area contributed by atoms with Crippen molar-refractivity contribution < 1.29 is 38.0 Å². The molecule has 2 aliphatic rings. The molecular formula is C18H34INO2. The van der Waals surface area contributed by atoms with Gasteiger partial charge in [-0.05, 0) is 31.6 Å². The van der Waals surface area contributed by atoms with E-state index in [0.717, 1.165) is 23.9 Å². The highest BCUT2D eigenvalue weighted by Crippen LogP contribution is 2.49. The van der Waals surface area contributed by atoms with Crippen LogP contribution in [0.5, 0.6) is 0 Å². The van der Waals surface area contributed by atoms with Crippen LogP contribution in [0, 0.1) is 11.3 Å². The highest BCUT2D eigenvalue weighted by molar-refractivity contribution is 5.77. The Balaban J connectivity index is 0.00000242. The second-order valence-electron chi connectivity index (χ2n) is 8.20. The van der Waals surface area contributed by atoms with Gasteiger partial charge >= 0.3 is 5.97 Å². The van der Waals surface area contributed by atoms with Crippen LogP contribution < -0.4 is 24.0 Å². The lowest BCUT2D eigenvalue weighted by Gasteiger charge is -2.43. The third kappa shape index (κ3) is 5.36. The van der Waals surface area contributed by atoms with Crippen LogP contribution in [0.2, 0.25) is 0 Å². The van der Waals surface area contributed by atoms with E-state index in [9.17, 15) is 4.79 Å². The molecule has 0 saturated heterocycles. The van der Waals surface area contributed by atoms with Crippen LogP contribution in [0.4, 0.5) is 0 Å². The molecule has 130 valence electrons. The van der Waals surface area contributed by atoms with Gasteiger partial charge in [-0.1, -0.05) is 38.5 Å². The molecule has 0 heterocycles. The van der Waals surface area contributed by atoms with E-state index in [-0.39, 0.29) is 35.4 Å². The van der Waals surface area contributed by atoms with Gasteiger partial charge in [0.2, 0.25) is 0 Å². The third-order valence-corrected chi connectivity index (χ3v) is 5.53. The van der Waals surface area contributed by atoms with Crippen LogP contribution in [0.3, 0.4) is 0 Å². The molecule has 0 atom stereocenters. The lowest BCUT2D eigenvalue weighted by atomic mass is 9.62. The number of quaternary nitrogens is 1. The predicted molar refractivity (Wildman–Crippen MR) is 86.0 cm³/mol. The Bertz CT molecular complexity index is 339. The summed E-state index contributed by atoms with van der Waals surface area (Å²) in [6.07, 6.45) is 12.3. The Morgan fingerprint density at radius 1 is 1.00 bits per heavy atom. The van der Waals surface area contributed by atoms with E-state index >= 15 is 0 Å². The van der Waals surface area contributed by atoms with Crippen molar-refractivity contribution in [1.29, 1.82) is 0 Å². The Morgan fingerprint density at radius 3 is 2.09 bits per heavy atom. The average Bonchev–Trinajstić information content (AvgIpc) is 2.47. The normalized spacial score (nSPS) is 22.7. The molecule has 0 amide bonds. The van der Waals surface area contributed by atoms with Crippen LogP contribution >= 0.6 is 0 Å². The number of likely N-dealkylation sites (N-methyl/N-ethyl adjacent to an activating group) is 1. The first kappa shape index (κ1) is 20.2. The Hall–Kier alpha value is 0.160. The first-order chi connectivity index (χ1) is 9.94. The highest BCUT2D eigenvalue weighted by atomic mass is 127. The SMILES string of the molecule is C[N+](C)(C)CCOC(=O)C1(C2CCCCC2)CCCCC1.[I-]. The molecule has 0 radical (unpaired) electrons. The molecule has 2 aliphatic carbocycles. The maximum absolute atomic E-state index is 12.9. The minimum Gasteiger partial charge on any atom is -1.00 e. The van der Waals surface area contributed by atoms with Crippen molar-refractivity contribution in [2.75, 3.05) is 34.3 Å². The second-order valence-corrected chi connectivity index (χ2v) is 8.20. The van der Waals surface area contributed by atoms with E-state index in [1.807, 2.05) is 0 Å². The number of carbonyl (C=O) groups excluding carboxylic acids is 1. The molecule has 0 aliphatic heterocycles. The molecule has 0 aromatic heterocycles. The lowest BCUT2D eigenvalue weighted by Crippen LogP contribution is -3.00. The molecule has 0 spiro atoms.